The van der Waals surface area contributed by atoms with Gasteiger partial charge in [0.25, 0.3) is 0 Å². The average Bonchev–Trinajstić information content (AvgIpc) is 2.37. The van der Waals surface area contributed by atoms with E-state index in [0.29, 0.717) is 0 Å². The van der Waals surface area contributed by atoms with E-state index >= 15 is 0 Å². The van der Waals surface area contributed by atoms with Crippen LogP contribution in [0.15, 0.2) is 0 Å². The van der Waals surface area contributed by atoms with Crippen molar-refractivity contribution in [2.45, 2.75) is 91.4 Å². The van der Waals surface area contributed by atoms with Crippen molar-refractivity contribution in [3.63, 3.8) is 0 Å². The van der Waals surface area contributed by atoms with E-state index in [-0.39, 0.29) is 0 Å². The molecule has 0 N–H and O–H groups in total. The maximum Gasteiger partial charge on any atom is -0.0362 e. The molecule has 1 fully saturated rings. The van der Waals surface area contributed by atoms with E-state index in [4.69, 9.17) is 0 Å². The first kappa shape index (κ1) is 17.1. The zero-order chi connectivity index (χ0) is 14.1. The Kier molecular flexibility index (Phi) is 8.83. The molecule has 1 saturated carbocycles. The first-order valence-corrected chi connectivity index (χ1v) is 8.94. The van der Waals surface area contributed by atoms with Crippen LogP contribution in [0.2, 0.25) is 0 Å². The van der Waals surface area contributed by atoms with Gasteiger partial charge >= 0.3 is 0 Å². The SMILES string of the molecule is [CH2]CCCCCCCCC1CC(C)CCC1C(C)C. The van der Waals surface area contributed by atoms with E-state index < -0.39 is 0 Å². The second kappa shape index (κ2) is 9.83. The normalized spacial score (nSPS) is 27.9. The van der Waals surface area contributed by atoms with E-state index in [9.17, 15) is 0 Å². The van der Waals surface area contributed by atoms with E-state index in [1.165, 1.54) is 64.2 Å². The fourth-order valence-electron chi connectivity index (χ4n) is 4.02. The standard InChI is InChI=1S/C19H37/c1-5-6-7-8-9-10-11-12-18-15-17(4)13-14-19(18)16(2)3/h16-19H,1,5-15H2,2-4H3. The van der Waals surface area contributed by atoms with Gasteiger partial charge in [-0.3, -0.25) is 0 Å². The summed E-state index contributed by atoms with van der Waals surface area (Å²) in [7, 11) is 0. The first-order valence-electron chi connectivity index (χ1n) is 8.94. The third-order valence-electron chi connectivity index (χ3n) is 5.23. The van der Waals surface area contributed by atoms with Gasteiger partial charge in [-0.05, 0) is 36.5 Å². The summed E-state index contributed by atoms with van der Waals surface area (Å²) in [6.45, 7) is 11.2. The van der Waals surface area contributed by atoms with Crippen LogP contribution in [0, 0.1) is 30.6 Å². The highest BCUT2D eigenvalue weighted by Gasteiger charge is 2.29. The molecule has 3 unspecified atom stereocenters. The Labute approximate surface area is 122 Å². The van der Waals surface area contributed by atoms with Gasteiger partial charge in [0.05, 0.1) is 0 Å². The minimum absolute atomic E-state index is 0.898. The molecule has 0 aliphatic heterocycles. The number of rotatable bonds is 9. The van der Waals surface area contributed by atoms with Gasteiger partial charge in [-0.1, -0.05) is 85.5 Å². The molecule has 0 nitrogen and oxygen atoms in total. The van der Waals surface area contributed by atoms with Gasteiger partial charge < -0.3 is 0 Å². The fraction of sp³-hybridized carbons (Fsp3) is 0.947. The smallest absolute Gasteiger partial charge is 0.0362 e. The summed E-state index contributed by atoms with van der Waals surface area (Å²) < 4.78 is 0. The summed E-state index contributed by atoms with van der Waals surface area (Å²) >= 11 is 0. The van der Waals surface area contributed by atoms with Crippen LogP contribution in [0.4, 0.5) is 0 Å². The zero-order valence-electron chi connectivity index (χ0n) is 13.8. The maximum atomic E-state index is 3.91. The molecule has 1 aliphatic rings. The van der Waals surface area contributed by atoms with Gasteiger partial charge in [-0.2, -0.15) is 0 Å². The van der Waals surface area contributed by atoms with Gasteiger partial charge in [-0.15, -0.1) is 0 Å². The summed E-state index contributed by atoms with van der Waals surface area (Å²) in [5, 5.41) is 0. The minimum atomic E-state index is 0.898. The summed E-state index contributed by atoms with van der Waals surface area (Å²) in [5.41, 5.74) is 0. The molecule has 0 aromatic rings. The highest BCUT2D eigenvalue weighted by Crippen LogP contribution is 2.40. The van der Waals surface area contributed by atoms with Crippen LogP contribution in [-0.2, 0) is 0 Å². The van der Waals surface area contributed by atoms with Crippen LogP contribution in [0.5, 0.6) is 0 Å². The molecule has 1 aliphatic carbocycles. The molecule has 0 bridgehead atoms. The molecule has 1 rings (SSSR count). The van der Waals surface area contributed by atoms with Crippen LogP contribution in [0.1, 0.15) is 91.4 Å². The third-order valence-corrected chi connectivity index (χ3v) is 5.23. The van der Waals surface area contributed by atoms with E-state index in [0.717, 1.165) is 30.1 Å². The molecule has 0 aromatic carbocycles. The predicted octanol–water partition coefficient (Wildman–Crippen LogP) is 6.65. The summed E-state index contributed by atoms with van der Waals surface area (Å²) in [6, 6.07) is 0. The highest BCUT2D eigenvalue weighted by atomic mass is 14.3. The van der Waals surface area contributed by atoms with Crippen molar-refractivity contribution >= 4 is 0 Å². The largest absolute Gasteiger partial charge is 0.0625 e. The summed E-state index contributed by atoms with van der Waals surface area (Å²) in [6.07, 6.45) is 15.7. The summed E-state index contributed by atoms with van der Waals surface area (Å²) in [4.78, 5) is 0. The Morgan fingerprint density at radius 3 is 2.21 bits per heavy atom. The van der Waals surface area contributed by atoms with Crippen LogP contribution < -0.4 is 0 Å². The monoisotopic (exact) mass is 265 g/mol. The molecular weight excluding hydrogens is 228 g/mol. The predicted molar refractivity (Wildman–Crippen MR) is 87.1 cm³/mol. The lowest BCUT2D eigenvalue weighted by Gasteiger charge is -2.37. The van der Waals surface area contributed by atoms with Gasteiger partial charge in [0.15, 0.2) is 0 Å². The number of hydrogen-bond donors (Lipinski definition) is 0. The van der Waals surface area contributed by atoms with Crippen molar-refractivity contribution in [3.05, 3.63) is 6.92 Å². The Bertz CT molecular complexity index is 206. The van der Waals surface area contributed by atoms with Crippen LogP contribution in [0.25, 0.3) is 0 Å². The third kappa shape index (κ3) is 6.82. The quantitative estimate of drug-likeness (QED) is 0.409. The van der Waals surface area contributed by atoms with Gasteiger partial charge in [-0.25, -0.2) is 0 Å². The van der Waals surface area contributed by atoms with Crippen molar-refractivity contribution < 1.29 is 0 Å². The Balaban J connectivity index is 2.14. The van der Waals surface area contributed by atoms with Gasteiger partial charge in [0.2, 0.25) is 0 Å². The van der Waals surface area contributed by atoms with Crippen molar-refractivity contribution in [2.24, 2.45) is 23.7 Å². The second-order valence-corrected chi connectivity index (χ2v) is 7.35. The van der Waals surface area contributed by atoms with E-state index in [2.05, 4.69) is 27.7 Å². The molecule has 113 valence electrons. The Morgan fingerprint density at radius 1 is 0.947 bits per heavy atom. The number of unbranched alkanes of at least 4 members (excludes halogenated alkanes) is 6. The second-order valence-electron chi connectivity index (χ2n) is 7.35. The number of hydrogen-bond acceptors (Lipinski definition) is 0. The highest BCUT2D eigenvalue weighted by molar-refractivity contribution is 4.80. The van der Waals surface area contributed by atoms with Gasteiger partial charge in [0, 0.05) is 0 Å². The Hall–Kier alpha value is 0. The van der Waals surface area contributed by atoms with Crippen molar-refractivity contribution in [1.29, 1.82) is 0 Å². The molecule has 0 heteroatoms. The van der Waals surface area contributed by atoms with Crippen LogP contribution in [0.3, 0.4) is 0 Å². The lowest BCUT2D eigenvalue weighted by molar-refractivity contribution is 0.133. The van der Waals surface area contributed by atoms with Crippen molar-refractivity contribution in [1.82, 2.24) is 0 Å². The Morgan fingerprint density at radius 2 is 1.58 bits per heavy atom. The molecule has 0 saturated heterocycles. The summed E-state index contributed by atoms with van der Waals surface area (Å²) in [5.74, 6) is 3.93. The molecule has 0 amide bonds. The first-order chi connectivity index (χ1) is 9.15. The molecule has 0 spiro atoms. The molecular formula is C19H37. The van der Waals surface area contributed by atoms with Crippen molar-refractivity contribution in [2.75, 3.05) is 0 Å². The fourth-order valence-corrected chi connectivity index (χ4v) is 4.02. The molecule has 0 heterocycles. The van der Waals surface area contributed by atoms with Crippen molar-refractivity contribution in [3.8, 4) is 0 Å². The van der Waals surface area contributed by atoms with E-state index in [1.807, 2.05) is 0 Å². The zero-order valence-corrected chi connectivity index (χ0v) is 13.8. The molecule has 3 atom stereocenters. The molecule has 19 heavy (non-hydrogen) atoms. The van der Waals surface area contributed by atoms with Gasteiger partial charge in [0.1, 0.15) is 0 Å². The lowest BCUT2D eigenvalue weighted by Crippen LogP contribution is -2.27. The van der Waals surface area contributed by atoms with Crippen LogP contribution in [-0.4, -0.2) is 0 Å². The molecule has 0 aromatic heterocycles. The topological polar surface area (TPSA) is 0 Å². The minimum Gasteiger partial charge on any atom is -0.0625 e. The maximum absolute atomic E-state index is 3.91. The average molecular weight is 266 g/mol. The molecule has 1 radical (unpaired) electrons. The van der Waals surface area contributed by atoms with E-state index in [1.54, 1.807) is 0 Å². The lowest BCUT2D eigenvalue weighted by atomic mass is 9.68. The van der Waals surface area contributed by atoms with Crippen LogP contribution >= 0.6 is 0 Å².